The Balaban J connectivity index is 1.54. The number of aromatic nitrogens is 2. The van der Waals surface area contributed by atoms with E-state index in [0.29, 0.717) is 29.7 Å². The maximum Gasteiger partial charge on any atom is 0.272 e. The highest BCUT2D eigenvalue weighted by Gasteiger charge is 2.36. The Labute approximate surface area is 169 Å². The van der Waals surface area contributed by atoms with Crippen molar-refractivity contribution < 1.29 is 9.59 Å². The number of likely N-dealkylation sites (N-methyl/N-ethyl adjacent to an activating group) is 1. The van der Waals surface area contributed by atoms with E-state index >= 15 is 0 Å². The molecule has 2 aromatic rings. The molecule has 1 unspecified atom stereocenters. The molecule has 1 saturated carbocycles. The third-order valence-corrected chi connectivity index (χ3v) is 5.11. The number of amides is 2. The summed E-state index contributed by atoms with van der Waals surface area (Å²) in [5.74, 6) is -0.0453. The zero-order valence-electron chi connectivity index (χ0n) is 16.3. The molecule has 1 aliphatic heterocycles. The summed E-state index contributed by atoms with van der Waals surface area (Å²) in [5.41, 5.74) is 7.61. The van der Waals surface area contributed by atoms with Gasteiger partial charge in [0, 0.05) is 30.9 Å². The number of nitrogens with two attached hydrogens (primary N) is 1. The summed E-state index contributed by atoms with van der Waals surface area (Å²) in [7, 11) is 0. The van der Waals surface area contributed by atoms with E-state index in [-0.39, 0.29) is 18.2 Å². The van der Waals surface area contributed by atoms with Gasteiger partial charge in [-0.15, -0.1) is 0 Å². The van der Waals surface area contributed by atoms with Crippen LogP contribution in [-0.4, -0.2) is 44.9 Å². The molecule has 0 spiro atoms. The Hall–Kier alpha value is -3.42. The predicted octanol–water partition coefficient (Wildman–Crippen LogP) is 2.14. The molecule has 1 aromatic carbocycles. The summed E-state index contributed by atoms with van der Waals surface area (Å²) >= 11 is 0. The van der Waals surface area contributed by atoms with E-state index in [1.165, 1.54) is 6.20 Å². The maximum atomic E-state index is 13.0. The van der Waals surface area contributed by atoms with Crippen LogP contribution in [0.2, 0.25) is 0 Å². The van der Waals surface area contributed by atoms with Crippen molar-refractivity contribution in [2.45, 2.75) is 38.3 Å². The smallest absolute Gasteiger partial charge is 0.272 e. The van der Waals surface area contributed by atoms with Crippen molar-refractivity contribution in [1.82, 2.24) is 20.0 Å². The number of hydrogen-bond acceptors (Lipinski definition) is 5. The molecule has 1 atom stereocenters. The average molecular weight is 392 g/mol. The van der Waals surface area contributed by atoms with Gasteiger partial charge in [0.05, 0.1) is 11.7 Å². The monoisotopic (exact) mass is 392 g/mol. The average Bonchev–Trinajstić information content (AvgIpc) is 3.47. The first-order valence-corrected chi connectivity index (χ1v) is 9.83. The van der Waals surface area contributed by atoms with Crippen molar-refractivity contribution >= 4 is 23.3 Å². The van der Waals surface area contributed by atoms with Gasteiger partial charge in [-0.2, -0.15) is 5.10 Å². The summed E-state index contributed by atoms with van der Waals surface area (Å²) in [6, 6.07) is 10.8. The van der Waals surface area contributed by atoms with E-state index in [1.807, 2.05) is 48.1 Å². The number of rotatable bonds is 5. The maximum absolute atomic E-state index is 13.0. The van der Waals surface area contributed by atoms with Crippen molar-refractivity contribution in [3.8, 4) is 0 Å². The lowest BCUT2D eigenvalue weighted by Crippen LogP contribution is -2.55. The summed E-state index contributed by atoms with van der Waals surface area (Å²) in [5, 5.41) is 7.14. The number of benzene rings is 1. The second-order valence-corrected chi connectivity index (χ2v) is 7.19. The van der Waals surface area contributed by atoms with E-state index in [2.05, 4.69) is 15.4 Å². The summed E-state index contributed by atoms with van der Waals surface area (Å²) in [6.07, 6.45) is 5.72. The minimum Gasteiger partial charge on any atom is -0.404 e. The SMILES string of the molecule is CCN1C(=O)C(NC(=O)c2ccn(C3CC3)n2)C/C(=C/N)C1=Nc1ccccc1. The topological polar surface area (TPSA) is 106 Å². The molecule has 3 N–H and O–H groups in total. The predicted molar refractivity (Wildman–Crippen MR) is 110 cm³/mol. The number of piperidine rings is 1. The fourth-order valence-electron chi connectivity index (χ4n) is 3.42. The van der Waals surface area contributed by atoms with E-state index in [0.717, 1.165) is 18.5 Å². The number of para-hydroxylation sites is 1. The molecule has 2 aliphatic rings. The highest BCUT2D eigenvalue weighted by molar-refractivity contribution is 6.13. The van der Waals surface area contributed by atoms with Gasteiger partial charge in [0.25, 0.3) is 11.8 Å². The molecule has 4 rings (SSSR count). The Morgan fingerprint density at radius 1 is 1.31 bits per heavy atom. The fraction of sp³-hybridized carbons (Fsp3) is 0.333. The lowest BCUT2D eigenvalue weighted by atomic mass is 9.98. The zero-order valence-corrected chi connectivity index (χ0v) is 16.3. The van der Waals surface area contributed by atoms with Gasteiger partial charge in [0.2, 0.25) is 0 Å². The second kappa shape index (κ2) is 7.90. The first-order valence-electron chi connectivity index (χ1n) is 9.83. The number of nitrogens with zero attached hydrogens (tertiary/aromatic N) is 4. The lowest BCUT2D eigenvalue weighted by Gasteiger charge is -2.34. The molecular formula is C21H24N6O2. The summed E-state index contributed by atoms with van der Waals surface area (Å²) < 4.78 is 1.81. The molecule has 1 aromatic heterocycles. The van der Waals surface area contributed by atoms with E-state index in [1.54, 1.807) is 11.0 Å². The van der Waals surface area contributed by atoms with Gasteiger partial charge in [-0.05, 0) is 38.0 Å². The van der Waals surface area contributed by atoms with Crippen LogP contribution in [0.3, 0.4) is 0 Å². The highest BCUT2D eigenvalue weighted by Crippen LogP contribution is 2.33. The largest absolute Gasteiger partial charge is 0.404 e. The van der Waals surface area contributed by atoms with E-state index in [4.69, 9.17) is 5.73 Å². The normalized spacial score (nSPS) is 22.3. The number of hydrogen-bond donors (Lipinski definition) is 2. The highest BCUT2D eigenvalue weighted by atomic mass is 16.2. The molecule has 0 radical (unpaired) electrons. The third kappa shape index (κ3) is 3.91. The Morgan fingerprint density at radius 2 is 2.07 bits per heavy atom. The Morgan fingerprint density at radius 3 is 2.72 bits per heavy atom. The van der Waals surface area contributed by atoms with Crippen LogP contribution in [0.1, 0.15) is 42.7 Å². The molecule has 1 aliphatic carbocycles. The van der Waals surface area contributed by atoms with Gasteiger partial charge in [-0.3, -0.25) is 19.2 Å². The number of carbonyl (C=O) groups excluding carboxylic acids is 2. The Bertz CT molecular complexity index is 974. The van der Waals surface area contributed by atoms with Crippen LogP contribution in [0.15, 0.2) is 59.4 Å². The molecule has 1 saturated heterocycles. The minimum absolute atomic E-state index is 0.206. The number of amidine groups is 1. The van der Waals surface area contributed by atoms with Crippen molar-refractivity contribution in [3.05, 3.63) is 60.1 Å². The first-order chi connectivity index (χ1) is 14.1. The van der Waals surface area contributed by atoms with Gasteiger partial charge in [0.1, 0.15) is 17.6 Å². The number of likely N-dealkylation sites (tertiary alicyclic amines) is 1. The molecular weight excluding hydrogens is 368 g/mol. The minimum atomic E-state index is -0.710. The van der Waals surface area contributed by atoms with Crippen LogP contribution >= 0.6 is 0 Å². The van der Waals surface area contributed by atoms with E-state index in [9.17, 15) is 9.59 Å². The molecule has 150 valence electrons. The van der Waals surface area contributed by atoms with Crippen molar-refractivity contribution in [1.29, 1.82) is 0 Å². The molecule has 2 heterocycles. The standard InChI is InChI=1S/C21H24N6O2/c1-2-26-19(23-15-6-4-3-5-7-15)14(13-22)12-18(21(26)29)24-20(28)17-10-11-27(25-17)16-8-9-16/h3-7,10-11,13,16,18H,2,8-9,12,22H2,1H3,(H,24,28)/b14-13-,23-19?. The fourth-order valence-corrected chi connectivity index (χ4v) is 3.42. The third-order valence-electron chi connectivity index (χ3n) is 5.11. The number of carbonyl (C=O) groups is 2. The molecule has 0 bridgehead atoms. The quantitative estimate of drug-likeness (QED) is 0.813. The molecule has 8 nitrogen and oxygen atoms in total. The first kappa shape index (κ1) is 18.9. The molecule has 2 fully saturated rings. The van der Waals surface area contributed by atoms with Crippen molar-refractivity contribution in [2.75, 3.05) is 6.54 Å². The van der Waals surface area contributed by atoms with Crippen LogP contribution in [0.4, 0.5) is 5.69 Å². The summed E-state index contributed by atoms with van der Waals surface area (Å²) in [4.78, 5) is 31.9. The van der Waals surface area contributed by atoms with Gasteiger partial charge < -0.3 is 11.1 Å². The van der Waals surface area contributed by atoms with Crippen molar-refractivity contribution in [3.63, 3.8) is 0 Å². The van der Waals surface area contributed by atoms with Crippen LogP contribution in [-0.2, 0) is 4.79 Å². The van der Waals surface area contributed by atoms with Crippen LogP contribution in [0.25, 0.3) is 0 Å². The molecule has 8 heteroatoms. The van der Waals surface area contributed by atoms with Crippen LogP contribution in [0.5, 0.6) is 0 Å². The van der Waals surface area contributed by atoms with Crippen molar-refractivity contribution in [2.24, 2.45) is 10.7 Å². The number of aliphatic imine (C=N–C) groups is 1. The van der Waals surface area contributed by atoms with Gasteiger partial charge in [-0.25, -0.2) is 4.99 Å². The zero-order chi connectivity index (χ0) is 20.4. The Kier molecular flexibility index (Phi) is 5.16. The van der Waals surface area contributed by atoms with Gasteiger partial charge in [-0.1, -0.05) is 18.2 Å². The molecule has 29 heavy (non-hydrogen) atoms. The van der Waals surface area contributed by atoms with Crippen LogP contribution < -0.4 is 11.1 Å². The van der Waals surface area contributed by atoms with Crippen LogP contribution in [0, 0.1) is 0 Å². The van der Waals surface area contributed by atoms with Gasteiger partial charge in [0.15, 0.2) is 0 Å². The van der Waals surface area contributed by atoms with Gasteiger partial charge >= 0.3 is 0 Å². The summed E-state index contributed by atoms with van der Waals surface area (Å²) in [6.45, 7) is 2.29. The second-order valence-electron chi connectivity index (χ2n) is 7.19. The molecule has 2 amide bonds. The lowest BCUT2D eigenvalue weighted by molar-refractivity contribution is -0.129. The van der Waals surface area contributed by atoms with E-state index < -0.39 is 6.04 Å². The number of nitrogens with one attached hydrogen (secondary N) is 1.